The minimum Gasteiger partial charge on any atom is -0.318 e. The van der Waals surface area contributed by atoms with Gasteiger partial charge in [0, 0.05) is 17.9 Å². The predicted octanol–water partition coefficient (Wildman–Crippen LogP) is 3.30. The molecule has 2 rings (SSSR count). The highest BCUT2D eigenvalue weighted by Crippen LogP contribution is 2.19. The third kappa shape index (κ3) is 3.34. The van der Waals surface area contributed by atoms with E-state index >= 15 is 0 Å². The van der Waals surface area contributed by atoms with Crippen molar-refractivity contribution in [3.63, 3.8) is 0 Å². The fourth-order valence-electron chi connectivity index (χ4n) is 2.24. The number of nitrogens with zero attached hydrogens (tertiary/aromatic N) is 1. The Kier molecular flexibility index (Phi) is 4.94. The van der Waals surface area contributed by atoms with E-state index in [9.17, 15) is 9.59 Å². The van der Waals surface area contributed by atoms with Gasteiger partial charge < -0.3 is 10.2 Å². The molecule has 2 amide bonds. The molecule has 22 heavy (non-hydrogen) atoms. The van der Waals surface area contributed by atoms with E-state index in [2.05, 4.69) is 5.32 Å². The molecule has 0 radical (unpaired) electrons. The van der Waals surface area contributed by atoms with E-state index in [0.29, 0.717) is 17.9 Å². The van der Waals surface area contributed by atoms with Crippen LogP contribution in [0.4, 0.5) is 11.4 Å². The van der Waals surface area contributed by atoms with Gasteiger partial charge in [0.2, 0.25) is 0 Å². The molecule has 0 heterocycles. The largest absolute Gasteiger partial charge is 0.318 e. The van der Waals surface area contributed by atoms with Gasteiger partial charge in [0.1, 0.15) is 0 Å². The lowest BCUT2D eigenvalue weighted by Crippen LogP contribution is -2.39. The molecule has 0 unspecified atom stereocenters. The van der Waals surface area contributed by atoms with Crippen molar-refractivity contribution in [2.45, 2.75) is 20.8 Å². The Balaban J connectivity index is 2.18. The van der Waals surface area contributed by atoms with Crippen LogP contribution in [0.25, 0.3) is 0 Å². The summed E-state index contributed by atoms with van der Waals surface area (Å²) < 4.78 is 0. The van der Waals surface area contributed by atoms with Crippen molar-refractivity contribution in [3.05, 3.63) is 59.7 Å². The van der Waals surface area contributed by atoms with Gasteiger partial charge in [-0.05, 0) is 50.1 Å². The third-order valence-electron chi connectivity index (χ3n) is 3.68. The molecule has 0 atom stereocenters. The van der Waals surface area contributed by atoms with Crippen molar-refractivity contribution in [1.29, 1.82) is 0 Å². The fourth-order valence-corrected chi connectivity index (χ4v) is 2.24. The van der Waals surface area contributed by atoms with Crippen molar-refractivity contribution in [1.82, 2.24) is 0 Å². The Morgan fingerprint density at radius 3 is 2.32 bits per heavy atom. The van der Waals surface area contributed by atoms with Gasteiger partial charge in [-0.2, -0.15) is 0 Å². The number of benzene rings is 2. The number of anilines is 2. The molecule has 114 valence electrons. The van der Waals surface area contributed by atoms with E-state index in [-0.39, 0.29) is 0 Å². The van der Waals surface area contributed by atoms with E-state index in [1.54, 1.807) is 6.07 Å². The maximum atomic E-state index is 12.4. The first kappa shape index (κ1) is 15.8. The van der Waals surface area contributed by atoms with Crippen LogP contribution in [-0.4, -0.2) is 18.4 Å². The highest BCUT2D eigenvalue weighted by molar-refractivity contribution is 6.44. The lowest BCUT2D eigenvalue weighted by Gasteiger charge is -2.20. The summed E-state index contributed by atoms with van der Waals surface area (Å²) in [4.78, 5) is 26.1. The van der Waals surface area contributed by atoms with Crippen molar-refractivity contribution in [2.75, 3.05) is 16.8 Å². The molecular formula is C18H20N2O2. The van der Waals surface area contributed by atoms with Crippen LogP contribution in [-0.2, 0) is 9.59 Å². The summed E-state index contributed by atoms with van der Waals surface area (Å²) in [6.45, 7) is 6.17. The lowest BCUT2D eigenvalue weighted by atomic mass is 10.1. The molecule has 0 aliphatic heterocycles. The summed E-state index contributed by atoms with van der Waals surface area (Å²) in [7, 11) is 0. The Morgan fingerprint density at radius 2 is 1.68 bits per heavy atom. The maximum absolute atomic E-state index is 12.4. The van der Waals surface area contributed by atoms with E-state index < -0.39 is 11.8 Å². The van der Waals surface area contributed by atoms with Crippen molar-refractivity contribution in [3.8, 4) is 0 Å². The maximum Gasteiger partial charge on any atom is 0.316 e. The minimum atomic E-state index is -0.626. The molecule has 0 aromatic heterocycles. The lowest BCUT2D eigenvalue weighted by molar-refractivity contribution is -0.134. The zero-order valence-electron chi connectivity index (χ0n) is 13.1. The smallest absolute Gasteiger partial charge is 0.316 e. The number of aryl methyl sites for hydroxylation is 1. The first-order valence-corrected chi connectivity index (χ1v) is 7.28. The van der Waals surface area contributed by atoms with Crippen LogP contribution in [0.3, 0.4) is 0 Å². The van der Waals surface area contributed by atoms with Crippen molar-refractivity contribution in [2.24, 2.45) is 0 Å². The number of rotatable bonds is 3. The Labute approximate surface area is 130 Å². The zero-order valence-corrected chi connectivity index (χ0v) is 13.1. The van der Waals surface area contributed by atoms with Gasteiger partial charge in [0.05, 0.1) is 0 Å². The summed E-state index contributed by atoms with van der Waals surface area (Å²) in [5.74, 6) is -1.19. The molecule has 0 saturated carbocycles. The van der Waals surface area contributed by atoms with E-state index in [1.165, 1.54) is 4.90 Å². The molecule has 2 aromatic rings. The Morgan fingerprint density at radius 1 is 1.00 bits per heavy atom. The van der Waals surface area contributed by atoms with Gasteiger partial charge in [0.25, 0.3) is 0 Å². The first-order chi connectivity index (χ1) is 10.5. The van der Waals surface area contributed by atoms with Gasteiger partial charge in [-0.3, -0.25) is 9.59 Å². The van der Waals surface area contributed by atoms with Crippen LogP contribution >= 0.6 is 0 Å². The molecule has 4 heteroatoms. The highest BCUT2D eigenvalue weighted by Gasteiger charge is 2.22. The Hall–Kier alpha value is -2.62. The number of carbonyl (C=O) groups is 2. The second-order valence-corrected chi connectivity index (χ2v) is 5.09. The van der Waals surface area contributed by atoms with Crippen LogP contribution in [0.2, 0.25) is 0 Å². The summed E-state index contributed by atoms with van der Waals surface area (Å²) in [6.07, 6.45) is 0. The van der Waals surface area contributed by atoms with Crippen molar-refractivity contribution < 1.29 is 9.59 Å². The van der Waals surface area contributed by atoms with E-state index in [1.807, 2.05) is 63.2 Å². The average molecular weight is 296 g/mol. The van der Waals surface area contributed by atoms with E-state index in [4.69, 9.17) is 0 Å². The van der Waals surface area contributed by atoms with Gasteiger partial charge in [0.15, 0.2) is 0 Å². The molecule has 0 aliphatic rings. The minimum absolute atomic E-state index is 0.434. The number of amides is 2. The summed E-state index contributed by atoms with van der Waals surface area (Å²) in [6, 6.07) is 14.8. The topological polar surface area (TPSA) is 49.4 Å². The van der Waals surface area contributed by atoms with Crippen LogP contribution in [0.5, 0.6) is 0 Å². The summed E-state index contributed by atoms with van der Waals surface area (Å²) >= 11 is 0. The van der Waals surface area contributed by atoms with Gasteiger partial charge >= 0.3 is 11.8 Å². The Bertz CT molecular complexity index is 681. The second-order valence-electron chi connectivity index (χ2n) is 5.09. The number of para-hydroxylation sites is 1. The van der Waals surface area contributed by atoms with Gasteiger partial charge in [-0.1, -0.05) is 30.3 Å². The standard InChI is InChI=1S/C18H20N2O2/c1-4-20(15-10-6-5-7-11-15)18(22)17(21)19-16-12-8-9-13(2)14(16)3/h5-12H,4H2,1-3H3,(H,19,21). The van der Waals surface area contributed by atoms with Crippen LogP contribution < -0.4 is 10.2 Å². The molecule has 0 spiro atoms. The van der Waals surface area contributed by atoms with Gasteiger partial charge in [-0.15, -0.1) is 0 Å². The van der Waals surface area contributed by atoms with Gasteiger partial charge in [-0.25, -0.2) is 0 Å². The molecule has 2 aromatic carbocycles. The molecule has 0 bridgehead atoms. The quantitative estimate of drug-likeness (QED) is 0.884. The number of hydrogen-bond donors (Lipinski definition) is 1. The highest BCUT2D eigenvalue weighted by atomic mass is 16.2. The zero-order chi connectivity index (χ0) is 16.1. The number of nitrogens with one attached hydrogen (secondary N) is 1. The SMILES string of the molecule is CCN(C(=O)C(=O)Nc1cccc(C)c1C)c1ccccc1. The number of likely N-dealkylation sites (N-methyl/N-ethyl adjacent to an activating group) is 1. The fraction of sp³-hybridized carbons (Fsp3) is 0.222. The second kappa shape index (κ2) is 6.89. The van der Waals surface area contributed by atoms with Crippen LogP contribution in [0.15, 0.2) is 48.5 Å². The molecule has 4 nitrogen and oxygen atoms in total. The molecule has 1 N–H and O–H groups in total. The summed E-state index contributed by atoms with van der Waals surface area (Å²) in [5, 5.41) is 2.71. The van der Waals surface area contributed by atoms with Crippen LogP contribution in [0, 0.1) is 13.8 Å². The van der Waals surface area contributed by atoms with Crippen molar-refractivity contribution >= 4 is 23.2 Å². The monoisotopic (exact) mass is 296 g/mol. The molecular weight excluding hydrogens is 276 g/mol. The molecule has 0 fully saturated rings. The molecule has 0 aliphatic carbocycles. The predicted molar refractivity (Wildman–Crippen MR) is 89.0 cm³/mol. The average Bonchev–Trinajstić information content (AvgIpc) is 2.53. The summed E-state index contributed by atoms with van der Waals surface area (Å²) in [5.41, 5.74) is 3.42. The molecule has 0 saturated heterocycles. The number of hydrogen-bond acceptors (Lipinski definition) is 2. The third-order valence-corrected chi connectivity index (χ3v) is 3.68. The van der Waals surface area contributed by atoms with E-state index in [0.717, 1.165) is 11.1 Å². The number of carbonyl (C=O) groups excluding carboxylic acids is 2. The normalized spacial score (nSPS) is 10.1. The first-order valence-electron chi connectivity index (χ1n) is 7.28. The van der Waals surface area contributed by atoms with Crippen LogP contribution in [0.1, 0.15) is 18.1 Å².